The molecule has 0 aliphatic heterocycles. The van der Waals surface area contributed by atoms with E-state index >= 15 is 0 Å². The summed E-state index contributed by atoms with van der Waals surface area (Å²) in [6, 6.07) is 1.70. The molecule has 0 saturated carbocycles. The van der Waals surface area contributed by atoms with E-state index in [-0.39, 0.29) is 0 Å². The molecular formula is C9H7N7O. The maximum Gasteiger partial charge on any atom is 0.259 e. The lowest BCUT2D eigenvalue weighted by Crippen LogP contribution is -1.87. The highest BCUT2D eigenvalue weighted by molar-refractivity contribution is 5.59. The van der Waals surface area contributed by atoms with Crippen molar-refractivity contribution in [3.63, 3.8) is 0 Å². The van der Waals surface area contributed by atoms with E-state index in [1.54, 1.807) is 18.5 Å². The number of nitrogens with two attached hydrogens (primary N) is 1. The van der Waals surface area contributed by atoms with E-state index in [9.17, 15) is 0 Å². The first kappa shape index (κ1) is 9.46. The third-order valence-electron chi connectivity index (χ3n) is 2.08. The van der Waals surface area contributed by atoms with Crippen LogP contribution in [0.15, 0.2) is 29.2 Å². The van der Waals surface area contributed by atoms with Gasteiger partial charge in [-0.2, -0.15) is 20.4 Å². The Kier molecular flexibility index (Phi) is 2.04. The molecule has 0 spiro atoms. The zero-order valence-corrected chi connectivity index (χ0v) is 8.53. The van der Waals surface area contributed by atoms with Crippen molar-refractivity contribution < 1.29 is 4.52 Å². The van der Waals surface area contributed by atoms with Crippen molar-refractivity contribution in [3.8, 4) is 23.0 Å². The lowest BCUT2D eigenvalue weighted by atomic mass is 10.2. The summed E-state index contributed by atoms with van der Waals surface area (Å²) in [5, 5.41) is 13.8. The summed E-state index contributed by atoms with van der Waals surface area (Å²) in [6.45, 7) is 0. The summed E-state index contributed by atoms with van der Waals surface area (Å²) >= 11 is 0. The summed E-state index contributed by atoms with van der Waals surface area (Å²) < 4.78 is 5.09. The molecule has 0 radical (unpaired) electrons. The normalized spacial score (nSPS) is 10.6. The second-order valence-corrected chi connectivity index (χ2v) is 3.29. The van der Waals surface area contributed by atoms with Crippen LogP contribution in [-0.2, 0) is 0 Å². The molecule has 3 aromatic heterocycles. The Morgan fingerprint density at radius 3 is 2.94 bits per heavy atom. The molecule has 8 heteroatoms. The van der Waals surface area contributed by atoms with Crippen molar-refractivity contribution in [1.82, 2.24) is 30.5 Å². The first-order valence-electron chi connectivity index (χ1n) is 4.73. The van der Waals surface area contributed by atoms with E-state index in [1.165, 1.54) is 6.20 Å². The minimum atomic E-state index is 0.336. The number of rotatable bonds is 2. The highest BCUT2D eigenvalue weighted by Gasteiger charge is 2.12. The molecule has 0 aromatic carbocycles. The first-order chi connectivity index (χ1) is 8.33. The summed E-state index contributed by atoms with van der Waals surface area (Å²) in [4.78, 5) is 8.11. The van der Waals surface area contributed by atoms with Crippen molar-refractivity contribution in [3.05, 3.63) is 24.7 Å². The molecule has 0 unspecified atom stereocenters. The fourth-order valence-corrected chi connectivity index (χ4v) is 1.33. The summed E-state index contributed by atoms with van der Waals surface area (Å²) in [5.41, 5.74) is 7.32. The number of pyridine rings is 1. The Bertz CT molecular complexity index is 630. The number of anilines is 1. The molecule has 3 N–H and O–H groups in total. The molecule has 0 fully saturated rings. The van der Waals surface area contributed by atoms with Crippen molar-refractivity contribution in [1.29, 1.82) is 0 Å². The molecule has 3 heterocycles. The Labute approximate surface area is 94.9 Å². The van der Waals surface area contributed by atoms with Gasteiger partial charge >= 0.3 is 0 Å². The fourth-order valence-electron chi connectivity index (χ4n) is 1.33. The standard InChI is InChI=1S/C9H7N7O/c10-6-1-5(2-11-3-6)9-13-8(15-17-9)7-4-12-16-14-7/h1-4H,10H2,(H,12,14,16). The molecule has 84 valence electrons. The third-order valence-corrected chi connectivity index (χ3v) is 2.08. The minimum Gasteiger partial charge on any atom is -0.397 e. The number of aromatic nitrogens is 6. The van der Waals surface area contributed by atoms with E-state index < -0.39 is 0 Å². The molecule has 0 atom stereocenters. The quantitative estimate of drug-likeness (QED) is 0.656. The van der Waals surface area contributed by atoms with Crippen molar-refractivity contribution in [2.75, 3.05) is 5.73 Å². The number of hydrogen-bond acceptors (Lipinski definition) is 7. The summed E-state index contributed by atoms with van der Waals surface area (Å²) in [5.74, 6) is 0.693. The van der Waals surface area contributed by atoms with Crippen LogP contribution in [0.5, 0.6) is 0 Å². The SMILES string of the molecule is Nc1cncc(-c2nc(-c3cn[nH]n3)no2)c1. The molecule has 3 rings (SSSR count). The summed E-state index contributed by atoms with van der Waals surface area (Å²) in [6.07, 6.45) is 4.64. The zero-order valence-electron chi connectivity index (χ0n) is 8.53. The monoisotopic (exact) mass is 229 g/mol. The maximum atomic E-state index is 5.62. The van der Waals surface area contributed by atoms with Gasteiger partial charge in [0.2, 0.25) is 5.82 Å². The molecule has 8 nitrogen and oxygen atoms in total. The molecule has 3 aromatic rings. The van der Waals surface area contributed by atoms with E-state index in [0.717, 1.165) is 0 Å². The Morgan fingerprint density at radius 1 is 1.24 bits per heavy atom. The van der Waals surface area contributed by atoms with Gasteiger partial charge in [-0.25, -0.2) is 0 Å². The van der Waals surface area contributed by atoms with Gasteiger partial charge in [-0.1, -0.05) is 5.16 Å². The Morgan fingerprint density at radius 2 is 2.18 bits per heavy atom. The van der Waals surface area contributed by atoms with Crippen LogP contribution in [0, 0.1) is 0 Å². The molecule has 0 amide bonds. The second kappa shape index (κ2) is 3.67. The predicted molar refractivity (Wildman–Crippen MR) is 57.3 cm³/mol. The van der Waals surface area contributed by atoms with Gasteiger partial charge in [0.25, 0.3) is 5.89 Å². The minimum absolute atomic E-state index is 0.336. The van der Waals surface area contributed by atoms with Crippen LogP contribution in [0.3, 0.4) is 0 Å². The van der Waals surface area contributed by atoms with E-state index in [1.807, 2.05) is 0 Å². The van der Waals surface area contributed by atoms with E-state index in [0.29, 0.717) is 28.7 Å². The lowest BCUT2D eigenvalue weighted by molar-refractivity contribution is 0.432. The van der Waals surface area contributed by atoms with Crippen molar-refractivity contribution >= 4 is 5.69 Å². The molecule has 0 aliphatic carbocycles. The highest BCUT2D eigenvalue weighted by Crippen LogP contribution is 2.20. The number of aromatic amines is 1. The maximum absolute atomic E-state index is 5.62. The van der Waals surface area contributed by atoms with E-state index in [4.69, 9.17) is 10.3 Å². The number of nitrogens with zero attached hydrogens (tertiary/aromatic N) is 5. The van der Waals surface area contributed by atoms with E-state index in [2.05, 4.69) is 30.5 Å². The van der Waals surface area contributed by atoms with Crippen molar-refractivity contribution in [2.24, 2.45) is 0 Å². The van der Waals surface area contributed by atoms with Gasteiger partial charge in [-0.3, -0.25) is 4.98 Å². The Balaban J connectivity index is 2.01. The lowest BCUT2D eigenvalue weighted by Gasteiger charge is -1.94. The van der Waals surface area contributed by atoms with Crippen LogP contribution < -0.4 is 5.73 Å². The molecular weight excluding hydrogens is 222 g/mol. The highest BCUT2D eigenvalue weighted by atomic mass is 16.5. The second-order valence-electron chi connectivity index (χ2n) is 3.29. The van der Waals surface area contributed by atoms with Gasteiger partial charge in [0.05, 0.1) is 17.4 Å². The van der Waals surface area contributed by atoms with Crippen molar-refractivity contribution in [2.45, 2.75) is 0 Å². The average molecular weight is 229 g/mol. The number of hydrogen-bond donors (Lipinski definition) is 2. The predicted octanol–water partition coefficient (Wildman–Crippen LogP) is 0.499. The first-order valence-corrected chi connectivity index (χ1v) is 4.73. The fraction of sp³-hybridized carbons (Fsp3) is 0. The van der Waals surface area contributed by atoms with Gasteiger partial charge < -0.3 is 10.3 Å². The molecule has 0 saturated heterocycles. The van der Waals surface area contributed by atoms with Crippen LogP contribution in [-0.4, -0.2) is 30.5 Å². The van der Waals surface area contributed by atoms with Gasteiger partial charge in [0.1, 0.15) is 0 Å². The molecule has 0 aliphatic rings. The van der Waals surface area contributed by atoms with Crippen LogP contribution in [0.1, 0.15) is 0 Å². The number of nitrogen functional groups attached to an aromatic ring is 1. The van der Waals surface area contributed by atoms with Crippen LogP contribution in [0.25, 0.3) is 23.0 Å². The van der Waals surface area contributed by atoms with Crippen LogP contribution in [0.4, 0.5) is 5.69 Å². The van der Waals surface area contributed by atoms with Crippen LogP contribution >= 0.6 is 0 Å². The average Bonchev–Trinajstić information content (AvgIpc) is 3.00. The zero-order chi connectivity index (χ0) is 11.7. The van der Waals surface area contributed by atoms with Gasteiger partial charge in [0.15, 0.2) is 5.69 Å². The Hall–Kier alpha value is -2.77. The van der Waals surface area contributed by atoms with Gasteiger partial charge in [0, 0.05) is 12.4 Å². The third kappa shape index (κ3) is 1.71. The number of H-pyrrole nitrogens is 1. The molecule has 0 bridgehead atoms. The smallest absolute Gasteiger partial charge is 0.259 e. The summed E-state index contributed by atoms with van der Waals surface area (Å²) in [7, 11) is 0. The number of nitrogens with one attached hydrogen (secondary N) is 1. The van der Waals surface area contributed by atoms with Gasteiger partial charge in [-0.15, -0.1) is 0 Å². The van der Waals surface area contributed by atoms with Gasteiger partial charge in [-0.05, 0) is 6.07 Å². The largest absolute Gasteiger partial charge is 0.397 e. The molecule has 17 heavy (non-hydrogen) atoms. The van der Waals surface area contributed by atoms with Crippen LogP contribution in [0.2, 0.25) is 0 Å². The topological polar surface area (TPSA) is 119 Å².